The van der Waals surface area contributed by atoms with Crippen LogP contribution in [0.1, 0.15) is 5.56 Å². The Labute approximate surface area is 114 Å². The molecule has 0 aliphatic carbocycles. The highest BCUT2D eigenvalue weighted by molar-refractivity contribution is 5.83. The van der Waals surface area contributed by atoms with Crippen molar-refractivity contribution in [2.75, 3.05) is 0 Å². The van der Waals surface area contributed by atoms with Crippen LogP contribution in [0.25, 0.3) is 28.1 Å². The largest absolute Gasteiger partial charge is 0.292 e. The standard InChI is InChI=1S/C15H12N5/c1-18-14-12-8-16-6-4-10(12)9-19(14)13-7-11-3-2-5-17-20(11)15(13)18/h2-8H,9H2,1H3/q+1. The van der Waals surface area contributed by atoms with Crippen LogP contribution in [0.15, 0.2) is 42.9 Å². The molecule has 0 atom stereocenters. The Kier molecular flexibility index (Phi) is 1.65. The van der Waals surface area contributed by atoms with Gasteiger partial charge in [0.15, 0.2) is 5.52 Å². The topological polar surface area (TPSA) is 39.0 Å². The van der Waals surface area contributed by atoms with Gasteiger partial charge in [0.1, 0.15) is 5.52 Å². The maximum absolute atomic E-state index is 4.47. The molecule has 0 unspecified atom stereocenters. The van der Waals surface area contributed by atoms with Crippen molar-refractivity contribution in [3.63, 3.8) is 0 Å². The van der Waals surface area contributed by atoms with Crippen molar-refractivity contribution in [3.05, 3.63) is 48.4 Å². The molecule has 0 radical (unpaired) electrons. The van der Waals surface area contributed by atoms with Gasteiger partial charge in [-0.25, -0.2) is 9.13 Å². The molecule has 20 heavy (non-hydrogen) atoms. The Balaban J connectivity index is 1.98. The van der Waals surface area contributed by atoms with Gasteiger partial charge < -0.3 is 0 Å². The van der Waals surface area contributed by atoms with Crippen LogP contribution in [0.4, 0.5) is 0 Å². The van der Waals surface area contributed by atoms with E-state index in [2.05, 4.69) is 44.5 Å². The average Bonchev–Trinajstić information content (AvgIpc) is 3.10. The van der Waals surface area contributed by atoms with E-state index in [0.717, 1.165) is 17.7 Å². The van der Waals surface area contributed by atoms with E-state index in [1.54, 1.807) is 0 Å². The number of fused-ring (bicyclic) bond motifs is 7. The minimum absolute atomic E-state index is 0.904. The lowest BCUT2D eigenvalue weighted by atomic mass is 10.2. The van der Waals surface area contributed by atoms with Gasteiger partial charge in [0, 0.05) is 24.0 Å². The summed E-state index contributed by atoms with van der Waals surface area (Å²) in [5.41, 5.74) is 6.02. The van der Waals surface area contributed by atoms with Crippen molar-refractivity contribution in [3.8, 4) is 11.4 Å². The van der Waals surface area contributed by atoms with E-state index in [4.69, 9.17) is 0 Å². The number of rotatable bonds is 0. The number of aryl methyl sites for hydroxylation is 1. The summed E-state index contributed by atoms with van der Waals surface area (Å²) < 4.78 is 6.55. The first-order chi connectivity index (χ1) is 9.84. The Morgan fingerprint density at radius 3 is 3.15 bits per heavy atom. The first-order valence-corrected chi connectivity index (χ1v) is 6.63. The molecule has 4 aromatic rings. The van der Waals surface area contributed by atoms with Crippen LogP contribution in [0.5, 0.6) is 0 Å². The highest BCUT2D eigenvalue weighted by atomic mass is 15.3. The molecule has 0 bridgehead atoms. The van der Waals surface area contributed by atoms with E-state index < -0.39 is 0 Å². The first kappa shape index (κ1) is 10.1. The van der Waals surface area contributed by atoms with Crippen molar-refractivity contribution < 1.29 is 4.57 Å². The molecular weight excluding hydrogens is 250 g/mol. The number of imidazole rings is 1. The summed E-state index contributed by atoms with van der Waals surface area (Å²) in [7, 11) is 2.09. The van der Waals surface area contributed by atoms with Crippen molar-refractivity contribution >= 4 is 16.7 Å². The first-order valence-electron chi connectivity index (χ1n) is 6.63. The second-order valence-corrected chi connectivity index (χ2v) is 5.22. The third kappa shape index (κ3) is 1.02. The minimum atomic E-state index is 0.904. The lowest BCUT2D eigenvalue weighted by Crippen LogP contribution is -2.31. The van der Waals surface area contributed by atoms with Crippen LogP contribution in [0, 0.1) is 0 Å². The maximum Gasteiger partial charge on any atom is 0.292 e. The van der Waals surface area contributed by atoms with Crippen LogP contribution in [0.2, 0.25) is 0 Å². The molecule has 1 aliphatic rings. The third-order valence-corrected chi connectivity index (χ3v) is 4.16. The Hall–Kier alpha value is -2.69. The monoisotopic (exact) mass is 262 g/mol. The van der Waals surface area contributed by atoms with Gasteiger partial charge in [0.2, 0.25) is 5.82 Å². The Morgan fingerprint density at radius 2 is 2.20 bits per heavy atom. The van der Waals surface area contributed by atoms with Crippen LogP contribution < -0.4 is 4.57 Å². The number of hydrogen-bond donors (Lipinski definition) is 0. The van der Waals surface area contributed by atoms with Gasteiger partial charge in [0.05, 0.1) is 25.4 Å². The Morgan fingerprint density at radius 1 is 1.25 bits per heavy atom. The second kappa shape index (κ2) is 3.25. The predicted octanol–water partition coefficient (Wildman–Crippen LogP) is 1.54. The number of aromatic nitrogens is 5. The minimum Gasteiger partial charge on any atom is -0.264 e. The fourth-order valence-electron chi connectivity index (χ4n) is 3.31. The van der Waals surface area contributed by atoms with Gasteiger partial charge in [-0.2, -0.15) is 0 Å². The number of hydrogen-bond acceptors (Lipinski definition) is 2. The molecule has 5 nitrogen and oxygen atoms in total. The maximum atomic E-state index is 4.47. The van der Waals surface area contributed by atoms with Gasteiger partial charge in [-0.3, -0.25) is 4.98 Å². The van der Waals surface area contributed by atoms with Gasteiger partial charge in [-0.1, -0.05) is 0 Å². The molecule has 0 saturated heterocycles. The molecule has 4 aromatic heterocycles. The zero-order valence-corrected chi connectivity index (χ0v) is 11.0. The summed E-state index contributed by atoms with van der Waals surface area (Å²) in [6, 6.07) is 8.36. The van der Waals surface area contributed by atoms with Crippen LogP contribution in [-0.2, 0) is 13.6 Å². The second-order valence-electron chi connectivity index (χ2n) is 5.22. The van der Waals surface area contributed by atoms with Crippen LogP contribution in [-0.4, -0.2) is 19.2 Å². The molecule has 5 heterocycles. The lowest BCUT2D eigenvalue weighted by molar-refractivity contribution is -0.636. The van der Waals surface area contributed by atoms with Gasteiger partial charge in [-0.15, -0.1) is 9.61 Å². The highest BCUT2D eigenvalue weighted by Gasteiger charge is 2.32. The predicted molar refractivity (Wildman–Crippen MR) is 74.2 cm³/mol. The van der Waals surface area contributed by atoms with Crippen molar-refractivity contribution in [2.45, 2.75) is 6.54 Å². The van der Waals surface area contributed by atoms with Crippen molar-refractivity contribution in [1.82, 2.24) is 19.2 Å². The SMILES string of the molecule is C[n+]1c2n(c3cc4cccnn4c31)Cc1ccncc1-2. The normalized spacial score (nSPS) is 13.1. The van der Waals surface area contributed by atoms with Gasteiger partial charge >= 0.3 is 0 Å². The molecular formula is C15H12N5+. The Bertz CT molecular complexity index is 992. The number of pyridine rings is 1. The molecule has 0 spiro atoms. The van der Waals surface area contributed by atoms with Crippen LogP contribution >= 0.6 is 0 Å². The summed E-state index contributed by atoms with van der Waals surface area (Å²) in [4.78, 5) is 4.26. The summed E-state index contributed by atoms with van der Waals surface area (Å²) in [6.45, 7) is 0.904. The summed E-state index contributed by atoms with van der Waals surface area (Å²) in [5.74, 6) is 1.21. The number of nitrogens with zero attached hydrogens (tertiary/aromatic N) is 5. The lowest BCUT2D eigenvalue weighted by Gasteiger charge is -1.96. The third-order valence-electron chi connectivity index (χ3n) is 4.16. The molecule has 5 heteroatoms. The molecule has 96 valence electrons. The quantitative estimate of drug-likeness (QED) is 0.397. The highest BCUT2D eigenvalue weighted by Crippen LogP contribution is 2.33. The zero-order valence-electron chi connectivity index (χ0n) is 11.0. The van der Waals surface area contributed by atoms with Gasteiger partial charge in [0.25, 0.3) is 5.65 Å². The summed E-state index contributed by atoms with van der Waals surface area (Å²) in [6.07, 6.45) is 5.64. The molecule has 0 aromatic carbocycles. The molecule has 0 N–H and O–H groups in total. The fraction of sp³-hybridized carbons (Fsp3) is 0.133. The fourth-order valence-corrected chi connectivity index (χ4v) is 3.31. The summed E-state index contributed by atoms with van der Waals surface area (Å²) >= 11 is 0. The smallest absolute Gasteiger partial charge is 0.264 e. The van der Waals surface area contributed by atoms with Crippen molar-refractivity contribution in [2.24, 2.45) is 7.05 Å². The van der Waals surface area contributed by atoms with E-state index in [1.807, 2.05) is 29.2 Å². The van der Waals surface area contributed by atoms with E-state index in [-0.39, 0.29) is 0 Å². The van der Waals surface area contributed by atoms with E-state index >= 15 is 0 Å². The van der Waals surface area contributed by atoms with Crippen molar-refractivity contribution in [1.29, 1.82) is 0 Å². The van der Waals surface area contributed by atoms with E-state index in [9.17, 15) is 0 Å². The molecule has 0 amide bonds. The van der Waals surface area contributed by atoms with Crippen LogP contribution in [0.3, 0.4) is 0 Å². The molecule has 1 aliphatic heterocycles. The van der Waals surface area contributed by atoms with E-state index in [1.165, 1.54) is 22.5 Å². The average molecular weight is 262 g/mol. The van der Waals surface area contributed by atoms with E-state index in [0.29, 0.717) is 0 Å². The molecule has 0 saturated carbocycles. The van der Waals surface area contributed by atoms with Gasteiger partial charge in [-0.05, 0) is 18.2 Å². The molecule has 5 rings (SSSR count). The zero-order chi connectivity index (χ0) is 13.3. The summed E-state index contributed by atoms with van der Waals surface area (Å²) in [5, 5.41) is 4.47. The molecule has 0 fully saturated rings.